The zero-order chi connectivity index (χ0) is 20.6. The molecule has 0 fully saturated rings. The molecule has 4 nitrogen and oxygen atoms in total. The number of aryl methyl sites for hydroxylation is 1. The zero-order valence-electron chi connectivity index (χ0n) is 17.3. The Hall–Kier alpha value is -3.11. The van der Waals surface area contributed by atoms with Crippen LogP contribution in [0.25, 0.3) is 0 Å². The number of hydrogen-bond acceptors (Lipinski definition) is 2. The van der Waals surface area contributed by atoms with Crippen molar-refractivity contribution in [2.75, 3.05) is 12.4 Å². The van der Waals surface area contributed by atoms with Crippen molar-refractivity contribution in [2.45, 2.75) is 32.4 Å². The normalized spacial score (nSPS) is 12.8. The quantitative estimate of drug-likeness (QED) is 0.600. The van der Waals surface area contributed by atoms with Crippen LogP contribution in [-0.2, 0) is 4.79 Å². The summed E-state index contributed by atoms with van der Waals surface area (Å²) in [5, 5.41) is 5.22. The van der Waals surface area contributed by atoms with E-state index in [0.717, 1.165) is 17.7 Å². The van der Waals surface area contributed by atoms with E-state index in [1.54, 1.807) is 7.11 Å². The van der Waals surface area contributed by atoms with Crippen LogP contribution in [0.1, 0.15) is 42.1 Å². The first-order valence-electron chi connectivity index (χ1n) is 10.0. The molecule has 0 spiro atoms. The molecule has 0 saturated heterocycles. The van der Waals surface area contributed by atoms with Gasteiger partial charge >= 0.3 is 0 Å². The fourth-order valence-corrected chi connectivity index (χ4v) is 3.46. The van der Waals surface area contributed by atoms with Crippen LogP contribution in [0.4, 0.5) is 5.69 Å². The van der Waals surface area contributed by atoms with Gasteiger partial charge in [0.05, 0.1) is 7.11 Å². The smallest absolute Gasteiger partial charge is 0.287 e. The Balaban J connectivity index is 1.85. The number of methoxy groups -OCH3 is 1. The minimum absolute atomic E-state index is 0.0463. The largest absolute Gasteiger partial charge is 0.497 e. The monoisotopic (exact) mass is 389 g/mol. The Morgan fingerprint density at radius 3 is 2.34 bits per heavy atom. The molecule has 29 heavy (non-hydrogen) atoms. The summed E-state index contributed by atoms with van der Waals surface area (Å²) < 4.78 is 5.27. The lowest BCUT2D eigenvalue weighted by atomic mass is 9.99. The highest BCUT2D eigenvalue weighted by molar-refractivity contribution is 5.94. The minimum Gasteiger partial charge on any atom is -0.497 e. The lowest BCUT2D eigenvalue weighted by Crippen LogP contribution is -2.88. The van der Waals surface area contributed by atoms with E-state index in [2.05, 4.69) is 48.7 Å². The maximum absolute atomic E-state index is 13.3. The van der Waals surface area contributed by atoms with Gasteiger partial charge in [0.1, 0.15) is 11.8 Å². The van der Waals surface area contributed by atoms with E-state index >= 15 is 0 Å². The number of hydrogen-bond donors (Lipinski definition) is 2. The molecular weight excluding hydrogens is 360 g/mol. The maximum atomic E-state index is 13.3. The van der Waals surface area contributed by atoms with Gasteiger partial charge in [0.25, 0.3) is 5.91 Å². The second kappa shape index (κ2) is 9.89. The Labute approximate surface area is 172 Å². The van der Waals surface area contributed by atoms with Crippen molar-refractivity contribution in [2.24, 2.45) is 0 Å². The first kappa shape index (κ1) is 20.6. The summed E-state index contributed by atoms with van der Waals surface area (Å²) in [6.07, 6.45) is 0.929. The minimum atomic E-state index is -0.353. The number of nitrogens with two attached hydrogens (primary N) is 1. The Bertz CT molecular complexity index is 923. The number of carbonyl (C=O) groups is 1. The lowest BCUT2D eigenvalue weighted by molar-refractivity contribution is -0.722. The van der Waals surface area contributed by atoms with E-state index in [1.807, 2.05) is 54.6 Å². The van der Waals surface area contributed by atoms with E-state index in [-0.39, 0.29) is 18.0 Å². The Kier molecular flexibility index (Phi) is 7.04. The fourth-order valence-electron chi connectivity index (χ4n) is 3.46. The van der Waals surface area contributed by atoms with Crippen LogP contribution in [0, 0.1) is 6.92 Å². The number of anilines is 1. The summed E-state index contributed by atoms with van der Waals surface area (Å²) in [6.45, 7) is 4.24. The molecule has 3 aromatic rings. The molecule has 1 amide bonds. The summed E-state index contributed by atoms with van der Waals surface area (Å²) in [6, 6.07) is 25.8. The standard InChI is InChI=1S/C25H28N2O2/c1-4-23(19-15-13-18(2)14-16-19)27-24(20-9-6-5-7-10-20)25(28)26-21-11-8-12-22(17-21)29-3/h5-17,23-24,27H,4H2,1-3H3,(H,26,28)/p+1/t23-,24+/m0/s1. The third-order valence-corrected chi connectivity index (χ3v) is 5.15. The predicted octanol–water partition coefficient (Wildman–Crippen LogP) is 4.40. The van der Waals surface area contributed by atoms with Crippen LogP contribution in [-0.4, -0.2) is 13.0 Å². The van der Waals surface area contributed by atoms with E-state index < -0.39 is 0 Å². The van der Waals surface area contributed by atoms with Gasteiger partial charge in [-0.15, -0.1) is 0 Å². The molecule has 0 saturated carbocycles. The summed E-state index contributed by atoms with van der Waals surface area (Å²) in [4.78, 5) is 13.3. The van der Waals surface area contributed by atoms with Crippen LogP contribution in [0.3, 0.4) is 0 Å². The molecule has 0 heterocycles. The van der Waals surface area contributed by atoms with Gasteiger partial charge in [0, 0.05) is 29.3 Å². The Morgan fingerprint density at radius 1 is 0.966 bits per heavy atom. The molecule has 0 aromatic heterocycles. The van der Waals surface area contributed by atoms with E-state index in [1.165, 1.54) is 11.1 Å². The molecule has 0 unspecified atom stereocenters. The van der Waals surface area contributed by atoms with Crippen LogP contribution < -0.4 is 15.4 Å². The van der Waals surface area contributed by atoms with E-state index in [4.69, 9.17) is 4.74 Å². The first-order chi connectivity index (χ1) is 14.1. The number of nitrogens with one attached hydrogen (secondary N) is 1. The fraction of sp³-hybridized carbons (Fsp3) is 0.240. The predicted molar refractivity (Wildman–Crippen MR) is 117 cm³/mol. The van der Waals surface area contributed by atoms with Crippen LogP contribution in [0.15, 0.2) is 78.9 Å². The highest BCUT2D eigenvalue weighted by Gasteiger charge is 2.28. The van der Waals surface area contributed by atoms with Gasteiger partial charge in [-0.25, -0.2) is 0 Å². The van der Waals surface area contributed by atoms with Gasteiger partial charge in [-0.05, 0) is 19.1 Å². The number of benzene rings is 3. The molecule has 3 N–H and O–H groups in total. The van der Waals surface area contributed by atoms with Crippen molar-refractivity contribution in [3.63, 3.8) is 0 Å². The van der Waals surface area contributed by atoms with Gasteiger partial charge in [-0.3, -0.25) is 4.79 Å². The zero-order valence-corrected chi connectivity index (χ0v) is 17.3. The molecule has 150 valence electrons. The number of amides is 1. The van der Waals surface area contributed by atoms with E-state index in [0.29, 0.717) is 5.75 Å². The third-order valence-electron chi connectivity index (χ3n) is 5.15. The van der Waals surface area contributed by atoms with Crippen LogP contribution in [0.5, 0.6) is 5.75 Å². The molecule has 3 rings (SSSR count). The van der Waals surface area contributed by atoms with Crippen molar-refractivity contribution >= 4 is 11.6 Å². The molecule has 4 heteroatoms. The molecule has 0 aliphatic carbocycles. The summed E-state index contributed by atoms with van der Waals surface area (Å²) in [5.41, 5.74) is 4.18. The van der Waals surface area contributed by atoms with Gasteiger partial charge in [-0.1, -0.05) is 73.2 Å². The number of quaternary nitrogens is 1. The first-order valence-corrected chi connectivity index (χ1v) is 10.0. The van der Waals surface area contributed by atoms with Gasteiger partial charge in [0.15, 0.2) is 6.04 Å². The molecule has 3 aromatic carbocycles. The van der Waals surface area contributed by atoms with Crippen molar-refractivity contribution in [1.82, 2.24) is 0 Å². The van der Waals surface area contributed by atoms with Gasteiger partial charge in [0.2, 0.25) is 0 Å². The number of rotatable bonds is 8. The summed E-state index contributed by atoms with van der Waals surface area (Å²) in [7, 11) is 1.62. The SMILES string of the molecule is CC[C@H]([NH2+][C@@H](C(=O)Nc1cccc(OC)c1)c1ccccc1)c1ccc(C)cc1. The van der Waals surface area contributed by atoms with Crippen LogP contribution in [0.2, 0.25) is 0 Å². The van der Waals surface area contributed by atoms with Crippen molar-refractivity contribution < 1.29 is 14.8 Å². The van der Waals surface area contributed by atoms with Crippen LogP contribution >= 0.6 is 0 Å². The molecule has 0 radical (unpaired) electrons. The summed E-state index contributed by atoms with van der Waals surface area (Å²) in [5.74, 6) is 0.671. The maximum Gasteiger partial charge on any atom is 0.287 e. The molecule has 0 bridgehead atoms. The second-order valence-electron chi connectivity index (χ2n) is 7.23. The molecule has 2 atom stereocenters. The average molecular weight is 390 g/mol. The van der Waals surface area contributed by atoms with Gasteiger partial charge < -0.3 is 15.4 Å². The topological polar surface area (TPSA) is 54.9 Å². The summed E-state index contributed by atoms with van der Waals surface area (Å²) >= 11 is 0. The third kappa shape index (κ3) is 5.46. The van der Waals surface area contributed by atoms with E-state index in [9.17, 15) is 4.79 Å². The highest BCUT2D eigenvalue weighted by Crippen LogP contribution is 2.20. The van der Waals surface area contributed by atoms with Crippen molar-refractivity contribution in [3.8, 4) is 5.75 Å². The average Bonchev–Trinajstić information content (AvgIpc) is 2.76. The molecular formula is C25H29N2O2+. The number of ether oxygens (including phenoxy) is 1. The highest BCUT2D eigenvalue weighted by atomic mass is 16.5. The Morgan fingerprint density at radius 2 is 1.69 bits per heavy atom. The van der Waals surface area contributed by atoms with Crippen molar-refractivity contribution in [3.05, 3.63) is 95.6 Å². The molecule has 0 aliphatic heterocycles. The number of carbonyl (C=O) groups excluding carboxylic acids is 1. The lowest BCUT2D eigenvalue weighted by Gasteiger charge is -2.22. The molecule has 0 aliphatic rings. The van der Waals surface area contributed by atoms with Gasteiger partial charge in [-0.2, -0.15) is 0 Å². The van der Waals surface area contributed by atoms with Crippen molar-refractivity contribution in [1.29, 1.82) is 0 Å². The second-order valence-corrected chi connectivity index (χ2v) is 7.23.